The van der Waals surface area contributed by atoms with Crippen LogP contribution in [-0.2, 0) is 0 Å². The summed E-state index contributed by atoms with van der Waals surface area (Å²) in [6, 6.07) is 6.18. The second-order valence-electron chi connectivity index (χ2n) is 4.04. The Hall–Kier alpha value is -2.41. The van der Waals surface area contributed by atoms with Gasteiger partial charge in [-0.25, -0.2) is 5.84 Å². The lowest BCUT2D eigenvalue weighted by molar-refractivity contribution is 0.379. The minimum absolute atomic E-state index is 0.189. The highest BCUT2D eigenvalue weighted by Gasteiger charge is 2.06. The van der Waals surface area contributed by atoms with Crippen LogP contribution >= 0.6 is 0 Å². The Morgan fingerprint density at radius 1 is 1.05 bits per heavy atom. The molecule has 0 spiro atoms. The average Bonchev–Trinajstić information content (AvgIpc) is 2.42. The molecule has 1 aromatic heterocycles. The molecule has 0 saturated heterocycles. The SMILES string of the molecule is COc1nc(NN)nc(Nc2ccc(C)c(C)c2)n1. The first-order valence-corrected chi connectivity index (χ1v) is 5.73. The smallest absolute Gasteiger partial charge is 0.322 e. The maximum atomic E-state index is 5.29. The van der Waals surface area contributed by atoms with Gasteiger partial charge in [-0.1, -0.05) is 6.07 Å². The van der Waals surface area contributed by atoms with Crippen LogP contribution in [0.4, 0.5) is 17.6 Å². The van der Waals surface area contributed by atoms with Crippen molar-refractivity contribution in [2.24, 2.45) is 5.84 Å². The summed E-state index contributed by atoms with van der Waals surface area (Å²) in [5.41, 5.74) is 5.66. The van der Waals surface area contributed by atoms with Gasteiger partial charge >= 0.3 is 6.01 Å². The van der Waals surface area contributed by atoms with Crippen molar-refractivity contribution >= 4 is 17.6 Å². The number of rotatable bonds is 4. The number of anilines is 3. The Morgan fingerprint density at radius 2 is 1.79 bits per heavy atom. The number of hydrazine groups is 1. The summed E-state index contributed by atoms with van der Waals surface area (Å²) in [6.07, 6.45) is 0. The van der Waals surface area contributed by atoms with Crippen LogP contribution in [0.25, 0.3) is 0 Å². The summed E-state index contributed by atoms with van der Waals surface area (Å²) in [6.45, 7) is 4.10. The Kier molecular flexibility index (Phi) is 3.76. The number of nitrogens with zero attached hydrogens (tertiary/aromatic N) is 3. The molecule has 2 rings (SSSR count). The number of ether oxygens (including phenoxy) is 1. The van der Waals surface area contributed by atoms with E-state index in [1.54, 1.807) is 0 Å². The molecule has 7 nitrogen and oxygen atoms in total. The van der Waals surface area contributed by atoms with E-state index in [4.69, 9.17) is 10.6 Å². The standard InChI is InChI=1S/C12H16N6O/c1-7-4-5-9(6-8(7)2)14-10-15-11(18-13)17-12(16-10)19-3/h4-6H,13H2,1-3H3,(H2,14,15,16,17,18). The minimum atomic E-state index is 0.189. The number of nitrogen functional groups attached to an aromatic ring is 1. The summed E-state index contributed by atoms with van der Waals surface area (Å²) < 4.78 is 4.98. The van der Waals surface area contributed by atoms with Crippen LogP contribution in [0.5, 0.6) is 6.01 Å². The molecule has 0 unspecified atom stereocenters. The molecule has 1 aromatic carbocycles. The molecule has 0 bridgehead atoms. The lowest BCUT2D eigenvalue weighted by Crippen LogP contribution is -2.13. The van der Waals surface area contributed by atoms with Crippen LogP contribution in [0.2, 0.25) is 0 Å². The zero-order valence-electron chi connectivity index (χ0n) is 11.1. The van der Waals surface area contributed by atoms with E-state index >= 15 is 0 Å². The van der Waals surface area contributed by atoms with Gasteiger partial charge in [0.25, 0.3) is 0 Å². The zero-order chi connectivity index (χ0) is 13.8. The van der Waals surface area contributed by atoms with E-state index < -0.39 is 0 Å². The fraction of sp³-hybridized carbons (Fsp3) is 0.250. The minimum Gasteiger partial charge on any atom is -0.467 e. The fourth-order valence-electron chi connectivity index (χ4n) is 1.52. The molecule has 1 heterocycles. The van der Waals surface area contributed by atoms with Gasteiger partial charge in [0.15, 0.2) is 0 Å². The van der Waals surface area contributed by atoms with Crippen LogP contribution < -0.4 is 21.3 Å². The van der Waals surface area contributed by atoms with Gasteiger partial charge in [0.2, 0.25) is 11.9 Å². The number of nitrogens with two attached hydrogens (primary N) is 1. The van der Waals surface area contributed by atoms with Crippen LogP contribution in [0, 0.1) is 13.8 Å². The van der Waals surface area contributed by atoms with E-state index in [1.165, 1.54) is 18.2 Å². The predicted molar refractivity (Wildman–Crippen MR) is 73.4 cm³/mol. The van der Waals surface area contributed by atoms with Crippen molar-refractivity contribution in [3.05, 3.63) is 29.3 Å². The average molecular weight is 260 g/mol. The lowest BCUT2D eigenvalue weighted by Gasteiger charge is -2.09. The molecule has 0 aliphatic heterocycles. The van der Waals surface area contributed by atoms with Crippen LogP contribution in [0.1, 0.15) is 11.1 Å². The summed E-state index contributed by atoms with van der Waals surface area (Å²) in [5.74, 6) is 5.89. The van der Waals surface area contributed by atoms with Crippen LogP contribution in [0.15, 0.2) is 18.2 Å². The topological polar surface area (TPSA) is 98.0 Å². The van der Waals surface area contributed by atoms with Gasteiger partial charge in [0.1, 0.15) is 0 Å². The number of nitrogens with one attached hydrogen (secondary N) is 2. The summed E-state index contributed by atoms with van der Waals surface area (Å²) in [4.78, 5) is 12.1. The molecule has 0 fully saturated rings. The first kappa shape index (κ1) is 13.0. The third-order valence-corrected chi connectivity index (χ3v) is 2.69. The quantitative estimate of drug-likeness (QED) is 0.566. The first-order chi connectivity index (χ1) is 9.12. The maximum Gasteiger partial charge on any atom is 0.322 e. The van der Waals surface area contributed by atoms with Gasteiger partial charge in [-0.15, -0.1) is 0 Å². The van der Waals surface area contributed by atoms with Crippen molar-refractivity contribution in [2.45, 2.75) is 13.8 Å². The molecule has 4 N–H and O–H groups in total. The molecule has 100 valence electrons. The van der Waals surface area contributed by atoms with Crippen molar-refractivity contribution in [2.75, 3.05) is 17.9 Å². The van der Waals surface area contributed by atoms with E-state index in [-0.39, 0.29) is 12.0 Å². The van der Waals surface area contributed by atoms with Crippen molar-refractivity contribution < 1.29 is 4.74 Å². The Morgan fingerprint density at radius 3 is 2.42 bits per heavy atom. The van der Waals surface area contributed by atoms with Crippen molar-refractivity contribution in [1.82, 2.24) is 15.0 Å². The summed E-state index contributed by atoms with van der Waals surface area (Å²) in [5, 5.41) is 3.08. The predicted octanol–water partition coefficient (Wildman–Crippen LogP) is 1.53. The Labute approximate surface area is 111 Å². The molecule has 7 heteroatoms. The summed E-state index contributed by atoms with van der Waals surface area (Å²) >= 11 is 0. The monoisotopic (exact) mass is 260 g/mol. The molecular formula is C12H16N6O. The third-order valence-electron chi connectivity index (χ3n) is 2.69. The summed E-state index contributed by atoms with van der Waals surface area (Å²) in [7, 11) is 1.48. The molecule has 0 atom stereocenters. The highest BCUT2D eigenvalue weighted by atomic mass is 16.5. The Balaban J connectivity index is 2.29. The molecule has 19 heavy (non-hydrogen) atoms. The van der Waals surface area contributed by atoms with E-state index in [2.05, 4.69) is 32.6 Å². The zero-order valence-corrected chi connectivity index (χ0v) is 11.1. The number of aryl methyl sites for hydroxylation is 2. The number of hydrogen-bond acceptors (Lipinski definition) is 7. The van der Waals surface area contributed by atoms with Gasteiger partial charge in [0.05, 0.1) is 7.11 Å². The third kappa shape index (κ3) is 3.08. The van der Waals surface area contributed by atoms with E-state index in [9.17, 15) is 0 Å². The van der Waals surface area contributed by atoms with E-state index in [0.717, 1.165) is 5.69 Å². The van der Waals surface area contributed by atoms with Crippen molar-refractivity contribution in [1.29, 1.82) is 0 Å². The van der Waals surface area contributed by atoms with Crippen LogP contribution in [0.3, 0.4) is 0 Å². The molecule has 0 aliphatic carbocycles. The highest BCUT2D eigenvalue weighted by Crippen LogP contribution is 2.19. The highest BCUT2D eigenvalue weighted by molar-refractivity contribution is 5.56. The number of hydrogen-bond donors (Lipinski definition) is 3. The maximum absolute atomic E-state index is 5.29. The van der Waals surface area contributed by atoms with Gasteiger partial charge in [-0.3, -0.25) is 5.43 Å². The fourth-order valence-corrected chi connectivity index (χ4v) is 1.52. The molecule has 0 amide bonds. The molecule has 0 aliphatic rings. The Bertz CT molecular complexity index is 564. The van der Waals surface area contributed by atoms with Gasteiger partial charge < -0.3 is 10.1 Å². The largest absolute Gasteiger partial charge is 0.467 e. The molecular weight excluding hydrogens is 244 g/mol. The van der Waals surface area contributed by atoms with Crippen LogP contribution in [-0.4, -0.2) is 22.1 Å². The van der Waals surface area contributed by atoms with E-state index in [0.29, 0.717) is 5.95 Å². The molecule has 0 radical (unpaired) electrons. The number of methoxy groups -OCH3 is 1. The molecule has 2 aromatic rings. The van der Waals surface area contributed by atoms with Gasteiger partial charge in [-0.05, 0) is 37.1 Å². The first-order valence-electron chi connectivity index (χ1n) is 5.73. The second kappa shape index (κ2) is 5.49. The van der Waals surface area contributed by atoms with Gasteiger partial charge in [0, 0.05) is 5.69 Å². The normalized spacial score (nSPS) is 10.1. The number of aromatic nitrogens is 3. The lowest BCUT2D eigenvalue weighted by atomic mass is 10.1. The van der Waals surface area contributed by atoms with Gasteiger partial charge in [-0.2, -0.15) is 15.0 Å². The van der Waals surface area contributed by atoms with E-state index in [1.807, 2.05) is 25.1 Å². The van der Waals surface area contributed by atoms with Crippen molar-refractivity contribution in [3.8, 4) is 6.01 Å². The second-order valence-corrected chi connectivity index (χ2v) is 4.04. The molecule has 0 saturated carbocycles. The number of benzene rings is 1. The van der Waals surface area contributed by atoms with Crippen molar-refractivity contribution in [3.63, 3.8) is 0 Å².